The van der Waals surface area contributed by atoms with Gasteiger partial charge in [-0.25, -0.2) is 4.98 Å². The summed E-state index contributed by atoms with van der Waals surface area (Å²) in [5.41, 5.74) is 3.60. The van der Waals surface area contributed by atoms with E-state index < -0.39 is 5.97 Å². The smallest absolute Gasteiger partial charge is 0.307 e. The van der Waals surface area contributed by atoms with Gasteiger partial charge in [0.2, 0.25) is 0 Å². The Hall–Kier alpha value is -4.49. The first-order chi connectivity index (χ1) is 20.2. The summed E-state index contributed by atoms with van der Waals surface area (Å²) in [5, 5.41) is 9.95. The Balaban J connectivity index is 1.40. The van der Waals surface area contributed by atoms with Crippen LogP contribution in [-0.4, -0.2) is 41.7 Å². The predicted molar refractivity (Wildman–Crippen MR) is 164 cm³/mol. The minimum atomic E-state index is -0.939. The Morgan fingerprint density at radius 2 is 1.48 bits per heavy atom. The number of ether oxygens (including phenoxy) is 1. The lowest BCUT2D eigenvalue weighted by Crippen LogP contribution is -2.11. The summed E-state index contributed by atoms with van der Waals surface area (Å²) in [6.45, 7) is 0. The highest BCUT2D eigenvalue weighted by atomic mass is 35.5. The molecule has 0 aliphatic carbocycles. The van der Waals surface area contributed by atoms with Gasteiger partial charge in [0, 0.05) is 49.3 Å². The van der Waals surface area contributed by atoms with Gasteiger partial charge in [0.1, 0.15) is 17.3 Å². The fourth-order valence-corrected chi connectivity index (χ4v) is 4.63. The van der Waals surface area contributed by atoms with Gasteiger partial charge in [0.25, 0.3) is 0 Å². The van der Waals surface area contributed by atoms with Gasteiger partial charge in [0.05, 0.1) is 6.42 Å². The van der Waals surface area contributed by atoms with Gasteiger partial charge in [-0.1, -0.05) is 35.9 Å². The van der Waals surface area contributed by atoms with Crippen molar-refractivity contribution in [2.24, 2.45) is 0 Å². The number of pyridine rings is 1. The third-order valence-corrected chi connectivity index (χ3v) is 7.07. The van der Waals surface area contributed by atoms with Crippen molar-refractivity contribution >= 4 is 35.0 Å². The van der Waals surface area contributed by atoms with Gasteiger partial charge in [-0.15, -0.1) is 0 Å². The summed E-state index contributed by atoms with van der Waals surface area (Å²) in [5.74, 6) is 0.873. The molecule has 4 aromatic rings. The van der Waals surface area contributed by atoms with Gasteiger partial charge in [0.15, 0.2) is 11.6 Å². The van der Waals surface area contributed by atoms with Crippen molar-refractivity contribution < 1.29 is 24.2 Å². The van der Waals surface area contributed by atoms with E-state index in [0.29, 0.717) is 46.1 Å². The lowest BCUT2D eigenvalue weighted by Gasteiger charge is -2.14. The van der Waals surface area contributed by atoms with Crippen LogP contribution in [0.3, 0.4) is 0 Å². The number of carboxylic acid groups (broad SMARTS) is 1. The van der Waals surface area contributed by atoms with E-state index in [1.54, 1.807) is 60.8 Å². The van der Waals surface area contributed by atoms with Crippen molar-refractivity contribution in [1.29, 1.82) is 0 Å². The van der Waals surface area contributed by atoms with E-state index in [1.165, 1.54) is 0 Å². The van der Waals surface area contributed by atoms with Crippen LogP contribution in [0.2, 0.25) is 5.02 Å². The molecular weight excluding hydrogens is 552 g/mol. The third kappa shape index (κ3) is 8.75. The van der Waals surface area contributed by atoms with E-state index in [1.807, 2.05) is 43.3 Å². The number of benzene rings is 3. The number of hydrogen-bond acceptors (Lipinski definition) is 6. The van der Waals surface area contributed by atoms with Crippen molar-refractivity contribution in [2.45, 2.75) is 38.5 Å². The van der Waals surface area contributed by atoms with E-state index in [4.69, 9.17) is 16.3 Å². The van der Waals surface area contributed by atoms with E-state index in [9.17, 15) is 19.5 Å². The molecule has 1 heterocycles. The molecule has 1 N–H and O–H groups in total. The van der Waals surface area contributed by atoms with Crippen LogP contribution in [0.15, 0.2) is 85.1 Å². The monoisotopic (exact) mass is 584 g/mol. The quantitative estimate of drug-likeness (QED) is 0.156. The molecule has 0 saturated carbocycles. The number of aryl methyl sites for hydroxylation is 2. The summed E-state index contributed by atoms with van der Waals surface area (Å²) in [6, 6.07) is 23.3. The second-order valence-corrected chi connectivity index (χ2v) is 10.7. The van der Waals surface area contributed by atoms with E-state index in [0.717, 1.165) is 29.8 Å². The maximum absolute atomic E-state index is 12.9. The topological polar surface area (TPSA) is 96.8 Å². The summed E-state index contributed by atoms with van der Waals surface area (Å²) in [6.07, 6.45) is 3.97. The second-order valence-electron chi connectivity index (χ2n) is 10.3. The fraction of sp³-hybridized carbons (Fsp3) is 0.235. The number of aliphatic carboxylic acids is 1. The van der Waals surface area contributed by atoms with Crippen molar-refractivity contribution in [3.05, 3.63) is 118 Å². The van der Waals surface area contributed by atoms with Crippen molar-refractivity contribution in [3.8, 4) is 11.5 Å². The largest absolute Gasteiger partial charge is 0.481 e. The molecule has 0 bridgehead atoms. The number of halogens is 1. The zero-order valence-electron chi connectivity index (χ0n) is 23.7. The Morgan fingerprint density at radius 3 is 2.12 bits per heavy atom. The highest BCUT2D eigenvalue weighted by Crippen LogP contribution is 2.29. The van der Waals surface area contributed by atoms with Gasteiger partial charge < -0.3 is 14.7 Å². The average Bonchev–Trinajstić information content (AvgIpc) is 2.98. The first-order valence-corrected chi connectivity index (χ1v) is 14.1. The molecule has 7 nitrogen and oxygen atoms in total. The fourth-order valence-electron chi connectivity index (χ4n) is 4.50. The molecule has 0 radical (unpaired) electrons. The zero-order valence-corrected chi connectivity index (χ0v) is 24.4. The Labute approximate surface area is 250 Å². The maximum Gasteiger partial charge on any atom is 0.307 e. The van der Waals surface area contributed by atoms with Crippen molar-refractivity contribution in [2.75, 3.05) is 19.0 Å². The van der Waals surface area contributed by atoms with E-state index in [-0.39, 0.29) is 24.4 Å². The highest BCUT2D eigenvalue weighted by Gasteiger charge is 2.14. The molecule has 0 saturated heterocycles. The minimum Gasteiger partial charge on any atom is -0.481 e. The second kappa shape index (κ2) is 14.4. The van der Waals surface area contributed by atoms with Crippen LogP contribution in [0.5, 0.6) is 11.5 Å². The molecule has 4 rings (SSSR count). The molecule has 216 valence electrons. The minimum absolute atomic E-state index is 0.0563. The van der Waals surface area contributed by atoms with Gasteiger partial charge in [-0.05, 0) is 90.6 Å². The summed E-state index contributed by atoms with van der Waals surface area (Å²) in [4.78, 5) is 43.0. The molecule has 0 aliphatic heterocycles. The molecule has 42 heavy (non-hydrogen) atoms. The molecule has 0 unspecified atom stereocenters. The lowest BCUT2D eigenvalue weighted by molar-refractivity contribution is -0.136. The number of aromatic nitrogens is 1. The van der Waals surface area contributed by atoms with Crippen LogP contribution in [0.4, 0.5) is 5.82 Å². The molecule has 1 aromatic heterocycles. The molecule has 0 amide bonds. The normalized spacial score (nSPS) is 10.7. The van der Waals surface area contributed by atoms with Gasteiger partial charge in [-0.2, -0.15) is 0 Å². The first-order valence-electron chi connectivity index (χ1n) is 13.7. The molecule has 0 fully saturated rings. The molecule has 3 aromatic carbocycles. The number of ketones is 2. The van der Waals surface area contributed by atoms with Crippen molar-refractivity contribution in [3.63, 3.8) is 0 Å². The van der Waals surface area contributed by atoms with Gasteiger partial charge in [-0.3, -0.25) is 14.4 Å². The van der Waals surface area contributed by atoms with Crippen LogP contribution >= 0.6 is 11.6 Å². The number of rotatable bonds is 14. The van der Waals surface area contributed by atoms with Crippen LogP contribution in [0.25, 0.3) is 0 Å². The Bertz CT molecular complexity index is 1530. The number of carbonyl (C=O) groups excluding carboxylic acids is 2. The molecular formula is C34H33ClN2O5. The number of Topliss-reactive ketones (excluding diaryl/α,β-unsaturated/α-hetero) is 2. The molecule has 8 heteroatoms. The summed E-state index contributed by atoms with van der Waals surface area (Å²) in [7, 11) is 3.76. The number of anilines is 1. The maximum atomic E-state index is 12.9. The predicted octanol–water partition coefficient (Wildman–Crippen LogP) is 7.24. The van der Waals surface area contributed by atoms with Crippen molar-refractivity contribution in [1.82, 2.24) is 4.98 Å². The standard InChI is InChI=1S/C34H33ClN2O5/c1-37(2)33-19-12-27(22-36-33)31(39)17-11-26-20-24(21-34(40)41)8-18-32(26)42-29-15-9-25(10-16-29)30(38)5-3-4-23-6-13-28(35)14-7-23/h6-10,12-16,18-20,22H,3-5,11,17,21H2,1-2H3,(H,40,41). The molecule has 0 aliphatic rings. The van der Waals surface area contributed by atoms with E-state index >= 15 is 0 Å². The number of hydrogen-bond donors (Lipinski definition) is 1. The molecule has 0 atom stereocenters. The van der Waals surface area contributed by atoms with Crippen LogP contribution < -0.4 is 9.64 Å². The number of carbonyl (C=O) groups is 3. The Kier molecular flexibility index (Phi) is 10.5. The number of carboxylic acids is 1. The third-order valence-electron chi connectivity index (χ3n) is 6.82. The Morgan fingerprint density at radius 1 is 0.810 bits per heavy atom. The first kappa shape index (κ1) is 30.5. The van der Waals surface area contributed by atoms with Crippen LogP contribution in [-0.2, 0) is 24.1 Å². The van der Waals surface area contributed by atoms with Gasteiger partial charge >= 0.3 is 5.97 Å². The summed E-state index contributed by atoms with van der Waals surface area (Å²) < 4.78 is 6.13. The lowest BCUT2D eigenvalue weighted by atomic mass is 10.00. The zero-order chi connectivity index (χ0) is 30.1. The number of nitrogens with zero attached hydrogens (tertiary/aromatic N) is 2. The van der Waals surface area contributed by atoms with E-state index in [2.05, 4.69) is 4.98 Å². The van der Waals surface area contributed by atoms with Crippen LogP contribution in [0, 0.1) is 0 Å². The summed E-state index contributed by atoms with van der Waals surface area (Å²) >= 11 is 5.93. The highest BCUT2D eigenvalue weighted by molar-refractivity contribution is 6.30. The van der Waals surface area contributed by atoms with Crippen LogP contribution in [0.1, 0.15) is 56.7 Å². The average molecular weight is 585 g/mol. The molecule has 0 spiro atoms. The SMILES string of the molecule is CN(C)c1ccc(C(=O)CCc2cc(CC(=O)O)ccc2Oc2ccc(C(=O)CCCc3ccc(Cl)cc3)cc2)cn1.